The second kappa shape index (κ2) is 5.14. The molecule has 0 amide bonds. The number of hydrogen-bond donors (Lipinski definition) is 1. The van der Waals surface area contributed by atoms with Gasteiger partial charge in [-0.3, -0.25) is 0 Å². The highest BCUT2D eigenvalue weighted by Crippen LogP contribution is 2.29. The first kappa shape index (κ1) is 14.1. The van der Waals surface area contributed by atoms with Crippen molar-refractivity contribution in [3.8, 4) is 5.69 Å². The van der Waals surface area contributed by atoms with Crippen molar-refractivity contribution in [3.05, 3.63) is 47.5 Å². The summed E-state index contributed by atoms with van der Waals surface area (Å²) < 4.78 is 52.3. The zero-order chi connectivity index (χ0) is 15.0. The molecule has 1 aliphatic rings. The minimum Gasteiger partial charge on any atom is -0.310 e. The summed E-state index contributed by atoms with van der Waals surface area (Å²) in [4.78, 5) is 0. The lowest BCUT2D eigenvalue weighted by molar-refractivity contribution is -0.137. The van der Waals surface area contributed by atoms with Gasteiger partial charge in [0.15, 0.2) is 0 Å². The predicted molar refractivity (Wildman–Crippen MR) is 68.4 cm³/mol. The van der Waals surface area contributed by atoms with E-state index in [2.05, 4.69) is 10.4 Å². The Balaban J connectivity index is 1.84. The van der Waals surface area contributed by atoms with Crippen molar-refractivity contribution in [2.24, 2.45) is 0 Å². The molecule has 1 saturated carbocycles. The average molecular weight is 299 g/mol. The molecule has 1 aromatic carbocycles. The predicted octanol–water partition coefficient (Wildman–Crippen LogP) is 3.28. The largest absolute Gasteiger partial charge is 0.419 e. The lowest BCUT2D eigenvalue weighted by Crippen LogP contribution is -2.15. The second-order valence-corrected chi connectivity index (χ2v) is 5.14. The van der Waals surface area contributed by atoms with Gasteiger partial charge in [0.2, 0.25) is 0 Å². The van der Waals surface area contributed by atoms with E-state index in [-0.39, 0.29) is 5.69 Å². The Morgan fingerprint density at radius 3 is 2.62 bits per heavy atom. The van der Waals surface area contributed by atoms with E-state index in [1.165, 1.54) is 6.07 Å². The third kappa shape index (κ3) is 3.41. The topological polar surface area (TPSA) is 29.9 Å². The van der Waals surface area contributed by atoms with Gasteiger partial charge in [0.1, 0.15) is 5.82 Å². The summed E-state index contributed by atoms with van der Waals surface area (Å²) in [5, 5.41) is 6.88. The summed E-state index contributed by atoms with van der Waals surface area (Å²) in [5.74, 6) is -0.496. The normalized spacial score (nSPS) is 15.4. The monoisotopic (exact) mass is 299 g/mol. The van der Waals surface area contributed by atoms with Crippen molar-refractivity contribution in [2.45, 2.75) is 31.6 Å². The molecule has 1 heterocycles. The van der Waals surface area contributed by atoms with Crippen LogP contribution in [0.3, 0.4) is 0 Å². The van der Waals surface area contributed by atoms with Crippen molar-refractivity contribution in [3.63, 3.8) is 0 Å². The molecule has 21 heavy (non-hydrogen) atoms. The van der Waals surface area contributed by atoms with Crippen molar-refractivity contribution in [2.75, 3.05) is 0 Å². The fourth-order valence-corrected chi connectivity index (χ4v) is 2.03. The summed E-state index contributed by atoms with van der Waals surface area (Å²) >= 11 is 0. The van der Waals surface area contributed by atoms with Crippen LogP contribution in [-0.2, 0) is 12.7 Å². The summed E-state index contributed by atoms with van der Waals surface area (Å²) in [6.45, 7) is 0.489. The molecule has 0 unspecified atom stereocenters. The van der Waals surface area contributed by atoms with Gasteiger partial charge in [-0.2, -0.15) is 18.3 Å². The Bertz CT molecular complexity index is 644. The highest BCUT2D eigenvalue weighted by atomic mass is 19.4. The molecule has 1 fully saturated rings. The molecule has 1 N–H and O–H groups in total. The van der Waals surface area contributed by atoms with Crippen LogP contribution in [0.4, 0.5) is 17.6 Å². The van der Waals surface area contributed by atoms with Crippen LogP contribution in [0, 0.1) is 5.82 Å². The second-order valence-electron chi connectivity index (χ2n) is 5.14. The first-order valence-electron chi connectivity index (χ1n) is 6.57. The third-order valence-electron chi connectivity index (χ3n) is 3.29. The van der Waals surface area contributed by atoms with Gasteiger partial charge in [-0.1, -0.05) is 0 Å². The van der Waals surface area contributed by atoms with Crippen LogP contribution in [0.2, 0.25) is 0 Å². The van der Waals surface area contributed by atoms with Gasteiger partial charge >= 0.3 is 6.18 Å². The van der Waals surface area contributed by atoms with Crippen molar-refractivity contribution in [1.82, 2.24) is 15.1 Å². The number of aromatic nitrogens is 2. The molecule has 0 saturated heterocycles. The molecule has 3 nitrogen and oxygen atoms in total. The zero-order valence-electron chi connectivity index (χ0n) is 11.0. The molecule has 112 valence electrons. The Morgan fingerprint density at radius 2 is 2.00 bits per heavy atom. The van der Waals surface area contributed by atoms with Crippen molar-refractivity contribution >= 4 is 0 Å². The van der Waals surface area contributed by atoms with E-state index in [4.69, 9.17) is 0 Å². The van der Waals surface area contributed by atoms with Crippen molar-refractivity contribution in [1.29, 1.82) is 0 Å². The van der Waals surface area contributed by atoms with E-state index in [9.17, 15) is 17.6 Å². The summed E-state index contributed by atoms with van der Waals surface area (Å²) in [7, 11) is 0. The van der Waals surface area contributed by atoms with Crippen LogP contribution in [0.15, 0.2) is 30.6 Å². The molecule has 3 rings (SSSR count). The lowest BCUT2D eigenvalue weighted by Gasteiger charge is -2.07. The number of alkyl halides is 3. The van der Waals surface area contributed by atoms with E-state index in [0.717, 1.165) is 36.0 Å². The van der Waals surface area contributed by atoms with E-state index in [1.807, 2.05) is 0 Å². The molecule has 1 aromatic heterocycles. The number of nitrogens with zero attached hydrogens (tertiary/aromatic N) is 2. The SMILES string of the molecule is Fc1cc(CNC2CC2)cc(-n2cc(C(F)(F)F)cn2)c1. The number of hydrogen-bond acceptors (Lipinski definition) is 2. The Hall–Kier alpha value is -1.89. The van der Waals surface area contributed by atoms with E-state index in [0.29, 0.717) is 18.2 Å². The molecule has 2 aromatic rings. The number of rotatable bonds is 4. The number of halogens is 4. The molecule has 0 spiro atoms. The average Bonchev–Trinajstić information content (AvgIpc) is 3.08. The minimum atomic E-state index is -4.46. The zero-order valence-corrected chi connectivity index (χ0v) is 11.0. The van der Waals surface area contributed by atoms with Crippen LogP contribution < -0.4 is 5.32 Å². The van der Waals surface area contributed by atoms with E-state index in [1.54, 1.807) is 6.07 Å². The molecule has 0 aliphatic heterocycles. The third-order valence-corrected chi connectivity index (χ3v) is 3.29. The van der Waals surface area contributed by atoms with Gasteiger partial charge in [-0.15, -0.1) is 0 Å². The molecule has 0 atom stereocenters. The van der Waals surface area contributed by atoms with Gasteiger partial charge in [-0.05, 0) is 36.6 Å². The summed E-state index contributed by atoms with van der Waals surface area (Å²) in [5.41, 5.74) is 0.100. The van der Waals surface area contributed by atoms with Gasteiger partial charge < -0.3 is 5.32 Å². The molecule has 0 radical (unpaired) electrons. The van der Waals surface area contributed by atoms with Crippen LogP contribution in [-0.4, -0.2) is 15.8 Å². The molecular formula is C14H13F4N3. The Labute approximate surface area is 118 Å². The molecular weight excluding hydrogens is 286 g/mol. The van der Waals surface area contributed by atoms with Crippen molar-refractivity contribution < 1.29 is 17.6 Å². The number of nitrogens with one attached hydrogen (secondary N) is 1. The fraction of sp³-hybridized carbons (Fsp3) is 0.357. The van der Waals surface area contributed by atoms with E-state index >= 15 is 0 Å². The molecule has 0 bridgehead atoms. The van der Waals surface area contributed by atoms with E-state index < -0.39 is 17.6 Å². The Morgan fingerprint density at radius 1 is 1.24 bits per heavy atom. The first-order chi connectivity index (χ1) is 9.91. The van der Waals surface area contributed by atoms with Gasteiger partial charge in [0, 0.05) is 18.8 Å². The fourth-order valence-electron chi connectivity index (χ4n) is 2.03. The smallest absolute Gasteiger partial charge is 0.310 e. The molecule has 1 aliphatic carbocycles. The lowest BCUT2D eigenvalue weighted by atomic mass is 10.2. The van der Waals surface area contributed by atoms with Crippen LogP contribution in [0.25, 0.3) is 5.69 Å². The first-order valence-corrected chi connectivity index (χ1v) is 6.57. The summed E-state index contributed by atoms with van der Waals surface area (Å²) in [6.07, 6.45) is -0.658. The molecule has 7 heteroatoms. The highest BCUT2D eigenvalue weighted by Gasteiger charge is 2.32. The van der Waals surface area contributed by atoms with Gasteiger partial charge in [-0.25, -0.2) is 9.07 Å². The Kier molecular flexibility index (Phi) is 3.44. The van der Waals surface area contributed by atoms with Crippen LogP contribution >= 0.6 is 0 Å². The summed E-state index contributed by atoms with van der Waals surface area (Å²) in [6, 6.07) is 4.63. The maximum atomic E-state index is 13.6. The highest BCUT2D eigenvalue weighted by molar-refractivity contribution is 5.36. The standard InChI is InChI=1S/C14H13F4N3/c15-11-3-9(6-19-12-1-2-12)4-13(5-11)21-8-10(7-20-21)14(16,17)18/h3-5,7-8,12,19H,1-2,6H2. The maximum absolute atomic E-state index is 13.6. The number of benzene rings is 1. The van der Waals surface area contributed by atoms with Crippen LogP contribution in [0.5, 0.6) is 0 Å². The van der Waals surface area contributed by atoms with Crippen LogP contribution in [0.1, 0.15) is 24.0 Å². The van der Waals surface area contributed by atoms with Gasteiger partial charge in [0.05, 0.1) is 17.4 Å². The maximum Gasteiger partial charge on any atom is 0.419 e. The minimum absolute atomic E-state index is 0.276. The van der Waals surface area contributed by atoms with Gasteiger partial charge in [0.25, 0.3) is 0 Å². The quantitative estimate of drug-likeness (QED) is 0.878.